The molecule has 2 heteroatoms. The first-order valence-corrected chi connectivity index (χ1v) is 9.47. The summed E-state index contributed by atoms with van der Waals surface area (Å²) < 4.78 is 5.69. The highest BCUT2D eigenvalue weighted by atomic mass is 16.5. The molecule has 0 spiro atoms. The monoisotopic (exact) mass is 318 g/mol. The minimum absolute atomic E-state index is 0.246. The second-order valence-electron chi connectivity index (χ2n) is 6.44. The Morgan fingerprint density at radius 3 is 2.00 bits per heavy atom. The van der Waals surface area contributed by atoms with Gasteiger partial charge in [-0.1, -0.05) is 101 Å². The van der Waals surface area contributed by atoms with Crippen molar-refractivity contribution in [3.05, 3.63) is 35.9 Å². The van der Waals surface area contributed by atoms with E-state index >= 15 is 0 Å². The van der Waals surface area contributed by atoms with Crippen molar-refractivity contribution in [1.29, 1.82) is 0 Å². The smallest absolute Gasteiger partial charge is 0.148 e. The Balaban J connectivity index is 1.95. The van der Waals surface area contributed by atoms with E-state index in [9.17, 15) is 4.79 Å². The lowest BCUT2D eigenvalue weighted by Crippen LogP contribution is -2.14. The second-order valence-corrected chi connectivity index (χ2v) is 6.44. The number of unbranched alkanes of at least 4 members (excludes halogenated alkanes) is 9. The third-order valence-electron chi connectivity index (χ3n) is 4.30. The summed E-state index contributed by atoms with van der Waals surface area (Å²) in [6.45, 7) is 2.79. The maximum Gasteiger partial charge on any atom is 0.148 e. The average molecular weight is 319 g/mol. The Kier molecular flexibility index (Phi) is 12.5. The number of ether oxygens (including phenoxy) is 1. The average Bonchev–Trinajstić information content (AvgIpc) is 2.60. The summed E-state index contributed by atoms with van der Waals surface area (Å²) in [7, 11) is 0. The molecule has 1 rings (SSSR count). The maximum absolute atomic E-state index is 11.1. The van der Waals surface area contributed by atoms with Gasteiger partial charge in [0.05, 0.1) is 6.61 Å². The van der Waals surface area contributed by atoms with Gasteiger partial charge in [-0.2, -0.15) is 0 Å². The van der Waals surface area contributed by atoms with E-state index in [1.165, 1.54) is 57.8 Å². The number of aldehydes is 1. The zero-order chi connectivity index (χ0) is 16.6. The summed E-state index contributed by atoms with van der Waals surface area (Å²) in [4.78, 5) is 11.1. The van der Waals surface area contributed by atoms with E-state index in [1.54, 1.807) is 0 Å². The number of hydrogen-bond donors (Lipinski definition) is 0. The number of hydrogen-bond acceptors (Lipinski definition) is 2. The minimum atomic E-state index is -0.246. The van der Waals surface area contributed by atoms with Crippen LogP contribution in [0.15, 0.2) is 30.3 Å². The predicted molar refractivity (Wildman–Crippen MR) is 97.5 cm³/mol. The Hall–Kier alpha value is -1.15. The van der Waals surface area contributed by atoms with Crippen LogP contribution in [0.1, 0.15) is 83.1 Å². The Labute approximate surface area is 142 Å². The first kappa shape index (κ1) is 19.9. The first-order chi connectivity index (χ1) is 11.4. The van der Waals surface area contributed by atoms with Crippen molar-refractivity contribution in [2.75, 3.05) is 0 Å². The Morgan fingerprint density at radius 1 is 0.870 bits per heavy atom. The molecule has 0 aliphatic heterocycles. The zero-order valence-corrected chi connectivity index (χ0v) is 14.8. The van der Waals surface area contributed by atoms with E-state index in [0.717, 1.165) is 24.7 Å². The molecular formula is C21H34O2. The molecule has 0 heterocycles. The van der Waals surface area contributed by atoms with Crippen LogP contribution < -0.4 is 0 Å². The second kappa shape index (κ2) is 14.4. The molecule has 0 amide bonds. The van der Waals surface area contributed by atoms with Crippen LogP contribution in [0.4, 0.5) is 0 Å². The van der Waals surface area contributed by atoms with Crippen LogP contribution in [0, 0.1) is 0 Å². The van der Waals surface area contributed by atoms with Crippen LogP contribution in [0.2, 0.25) is 0 Å². The van der Waals surface area contributed by atoms with Crippen molar-refractivity contribution in [3.8, 4) is 0 Å². The molecule has 2 nitrogen and oxygen atoms in total. The molecule has 0 unspecified atom stereocenters. The Morgan fingerprint density at radius 2 is 1.43 bits per heavy atom. The fraction of sp³-hybridized carbons (Fsp3) is 0.667. The van der Waals surface area contributed by atoms with Crippen molar-refractivity contribution in [3.63, 3.8) is 0 Å². The van der Waals surface area contributed by atoms with Gasteiger partial charge in [-0.05, 0) is 12.0 Å². The molecule has 0 aliphatic carbocycles. The molecule has 0 radical (unpaired) electrons. The molecule has 0 aliphatic rings. The van der Waals surface area contributed by atoms with Crippen LogP contribution in [0.25, 0.3) is 0 Å². The number of carbonyl (C=O) groups is 1. The van der Waals surface area contributed by atoms with Gasteiger partial charge in [-0.15, -0.1) is 0 Å². The predicted octanol–water partition coefficient (Wildman–Crippen LogP) is 6.08. The number of benzene rings is 1. The van der Waals surface area contributed by atoms with E-state index in [0.29, 0.717) is 6.61 Å². The van der Waals surface area contributed by atoms with Gasteiger partial charge < -0.3 is 9.53 Å². The van der Waals surface area contributed by atoms with Gasteiger partial charge >= 0.3 is 0 Å². The molecule has 0 saturated heterocycles. The largest absolute Gasteiger partial charge is 0.366 e. The van der Waals surface area contributed by atoms with E-state index in [-0.39, 0.29) is 6.10 Å². The Bertz CT molecular complexity index is 375. The van der Waals surface area contributed by atoms with E-state index < -0.39 is 0 Å². The normalized spacial score (nSPS) is 12.2. The summed E-state index contributed by atoms with van der Waals surface area (Å²) in [5.74, 6) is 0. The molecule has 0 N–H and O–H groups in total. The fourth-order valence-corrected chi connectivity index (χ4v) is 2.80. The van der Waals surface area contributed by atoms with Crippen molar-refractivity contribution in [1.82, 2.24) is 0 Å². The molecular weight excluding hydrogens is 284 g/mol. The van der Waals surface area contributed by atoms with Gasteiger partial charge in [0.15, 0.2) is 0 Å². The molecule has 23 heavy (non-hydrogen) atoms. The highest BCUT2D eigenvalue weighted by molar-refractivity contribution is 5.55. The van der Waals surface area contributed by atoms with Crippen LogP contribution in [-0.2, 0) is 16.1 Å². The molecule has 0 aromatic heterocycles. The van der Waals surface area contributed by atoms with E-state index in [4.69, 9.17) is 4.74 Å². The first-order valence-electron chi connectivity index (χ1n) is 9.47. The van der Waals surface area contributed by atoms with Gasteiger partial charge in [0.25, 0.3) is 0 Å². The lowest BCUT2D eigenvalue weighted by atomic mass is 10.0. The zero-order valence-electron chi connectivity index (χ0n) is 14.8. The summed E-state index contributed by atoms with van der Waals surface area (Å²) >= 11 is 0. The topological polar surface area (TPSA) is 26.3 Å². The van der Waals surface area contributed by atoms with E-state index in [1.807, 2.05) is 30.3 Å². The summed E-state index contributed by atoms with van der Waals surface area (Å²) in [6.07, 6.45) is 14.8. The lowest BCUT2D eigenvalue weighted by molar-refractivity contribution is -0.119. The van der Waals surface area contributed by atoms with Crippen molar-refractivity contribution < 1.29 is 9.53 Å². The van der Waals surface area contributed by atoms with Crippen LogP contribution in [0.3, 0.4) is 0 Å². The molecule has 1 aromatic carbocycles. The summed E-state index contributed by atoms with van der Waals surface area (Å²) in [5.41, 5.74) is 1.13. The molecule has 0 fully saturated rings. The third-order valence-corrected chi connectivity index (χ3v) is 4.30. The summed E-state index contributed by atoms with van der Waals surface area (Å²) in [6, 6.07) is 10.0. The van der Waals surface area contributed by atoms with Gasteiger partial charge in [0.2, 0.25) is 0 Å². The molecule has 1 atom stereocenters. The third kappa shape index (κ3) is 11.1. The van der Waals surface area contributed by atoms with Gasteiger partial charge in [0.1, 0.15) is 12.4 Å². The van der Waals surface area contributed by atoms with Crippen LogP contribution >= 0.6 is 0 Å². The van der Waals surface area contributed by atoms with E-state index in [2.05, 4.69) is 6.92 Å². The molecule has 1 aromatic rings. The molecule has 130 valence electrons. The van der Waals surface area contributed by atoms with Crippen molar-refractivity contribution in [2.24, 2.45) is 0 Å². The van der Waals surface area contributed by atoms with Gasteiger partial charge in [-0.3, -0.25) is 0 Å². The number of rotatable bonds is 15. The minimum Gasteiger partial charge on any atom is -0.366 e. The standard InChI is InChI=1S/C21H34O2/c1-2-3-4-5-6-7-8-9-10-14-17-21(18-22)23-19-20-15-12-11-13-16-20/h11-13,15-16,18,21H,2-10,14,17,19H2,1H3/t21-/m1/s1. The maximum atomic E-state index is 11.1. The molecule has 0 bridgehead atoms. The fourth-order valence-electron chi connectivity index (χ4n) is 2.80. The highest BCUT2D eigenvalue weighted by Gasteiger charge is 2.07. The van der Waals surface area contributed by atoms with Crippen molar-refractivity contribution >= 4 is 6.29 Å². The van der Waals surface area contributed by atoms with Gasteiger partial charge in [0, 0.05) is 0 Å². The summed E-state index contributed by atoms with van der Waals surface area (Å²) in [5, 5.41) is 0. The quantitative estimate of drug-likeness (QED) is 0.289. The highest BCUT2D eigenvalue weighted by Crippen LogP contribution is 2.13. The van der Waals surface area contributed by atoms with Crippen LogP contribution in [-0.4, -0.2) is 12.4 Å². The molecule has 0 saturated carbocycles. The lowest BCUT2D eigenvalue weighted by Gasteiger charge is -2.12. The SMILES string of the molecule is CCCCCCCCCCCC[C@H](C=O)OCc1ccccc1. The number of carbonyl (C=O) groups excluding carboxylic acids is 1. The van der Waals surface area contributed by atoms with Crippen LogP contribution in [0.5, 0.6) is 0 Å². The van der Waals surface area contributed by atoms with Crippen molar-refractivity contribution in [2.45, 2.75) is 90.3 Å². The van der Waals surface area contributed by atoms with Gasteiger partial charge in [-0.25, -0.2) is 0 Å².